The summed E-state index contributed by atoms with van der Waals surface area (Å²) in [4.78, 5) is 54.3. The summed E-state index contributed by atoms with van der Waals surface area (Å²) >= 11 is 0. The number of hydrogen-bond donors (Lipinski definition) is 0. The van der Waals surface area contributed by atoms with Crippen molar-refractivity contribution in [1.29, 1.82) is 0 Å². The molecule has 0 bridgehead atoms. The Bertz CT molecular complexity index is 940. The molecule has 2 aliphatic heterocycles. The maximum absolute atomic E-state index is 13.4. The fourth-order valence-electron chi connectivity index (χ4n) is 4.26. The summed E-state index contributed by atoms with van der Waals surface area (Å²) in [5.74, 6) is -2.04. The van der Waals surface area contributed by atoms with Gasteiger partial charge in [0.05, 0.1) is 33.2 Å². The van der Waals surface area contributed by atoms with E-state index in [0.29, 0.717) is 17.1 Å². The van der Waals surface area contributed by atoms with Crippen molar-refractivity contribution >= 4 is 23.5 Å². The topological polar surface area (TPSA) is 102 Å². The molecule has 2 heterocycles. The van der Waals surface area contributed by atoms with Crippen molar-refractivity contribution in [2.75, 3.05) is 46.5 Å². The summed E-state index contributed by atoms with van der Waals surface area (Å²) in [5, 5.41) is 0. The number of rotatable bonds is 8. The first-order valence-corrected chi connectivity index (χ1v) is 11.4. The number of esters is 2. The fraction of sp³-hybridized carbons (Fsp3) is 0.583. The molecule has 4 rings (SSSR count). The number of carbonyl (C=O) groups excluding carboxylic acids is 4. The van der Waals surface area contributed by atoms with Crippen LogP contribution < -0.4 is 0 Å². The molecule has 2 aliphatic carbocycles. The van der Waals surface area contributed by atoms with E-state index in [4.69, 9.17) is 9.47 Å². The van der Waals surface area contributed by atoms with Gasteiger partial charge < -0.3 is 19.1 Å². The highest BCUT2D eigenvalue weighted by molar-refractivity contribution is 6.26. The predicted molar refractivity (Wildman–Crippen MR) is 117 cm³/mol. The van der Waals surface area contributed by atoms with Gasteiger partial charge in [0.1, 0.15) is 0 Å². The minimum Gasteiger partial charge on any atom is -0.469 e. The first-order chi connectivity index (χ1) is 15.8. The van der Waals surface area contributed by atoms with Crippen LogP contribution in [0.2, 0.25) is 0 Å². The van der Waals surface area contributed by atoms with Crippen LogP contribution in [0, 0.1) is 5.92 Å². The van der Waals surface area contributed by atoms with E-state index in [1.807, 2.05) is 6.08 Å². The lowest BCUT2D eigenvalue weighted by molar-refractivity contribution is -0.169. The molecule has 178 valence electrons. The number of ketones is 2. The number of methoxy groups -OCH3 is 1. The van der Waals surface area contributed by atoms with E-state index in [2.05, 4.69) is 14.5 Å². The van der Waals surface area contributed by atoms with Gasteiger partial charge in [0.15, 0.2) is 0 Å². The van der Waals surface area contributed by atoms with Crippen LogP contribution in [-0.2, 0) is 33.4 Å². The van der Waals surface area contributed by atoms with Gasteiger partial charge in [-0.15, -0.1) is 0 Å². The normalized spacial score (nSPS) is 25.6. The Labute approximate surface area is 193 Å². The lowest BCUT2D eigenvalue weighted by atomic mass is 9.79. The Morgan fingerprint density at radius 2 is 1.79 bits per heavy atom. The number of fused-ring (bicyclic) bond motifs is 1. The highest BCUT2D eigenvalue weighted by atomic mass is 16.6. The van der Waals surface area contributed by atoms with E-state index in [1.54, 1.807) is 6.20 Å². The summed E-state index contributed by atoms with van der Waals surface area (Å²) in [6, 6.07) is 0. The second-order valence-electron chi connectivity index (χ2n) is 8.91. The van der Waals surface area contributed by atoms with Crippen LogP contribution in [0.1, 0.15) is 32.6 Å². The van der Waals surface area contributed by atoms with Crippen molar-refractivity contribution in [2.24, 2.45) is 5.92 Å². The number of ether oxygens (including phenoxy) is 3. The molecule has 33 heavy (non-hydrogen) atoms. The van der Waals surface area contributed by atoms with Gasteiger partial charge in [-0.3, -0.25) is 24.1 Å². The summed E-state index contributed by atoms with van der Waals surface area (Å²) in [7, 11) is 1.22. The molecular weight excluding hydrogens is 428 g/mol. The number of carbonyl (C=O) groups is 4. The van der Waals surface area contributed by atoms with Crippen LogP contribution in [0.5, 0.6) is 0 Å². The Morgan fingerprint density at radius 3 is 2.45 bits per heavy atom. The fourth-order valence-corrected chi connectivity index (χ4v) is 4.26. The average molecular weight is 459 g/mol. The van der Waals surface area contributed by atoms with Gasteiger partial charge >= 0.3 is 11.9 Å². The van der Waals surface area contributed by atoms with E-state index in [0.717, 1.165) is 57.9 Å². The third-order valence-corrected chi connectivity index (χ3v) is 6.50. The zero-order valence-electron chi connectivity index (χ0n) is 19.1. The molecule has 0 amide bonds. The van der Waals surface area contributed by atoms with Gasteiger partial charge in [0.2, 0.25) is 17.2 Å². The van der Waals surface area contributed by atoms with E-state index in [9.17, 15) is 19.2 Å². The third kappa shape index (κ3) is 5.09. The van der Waals surface area contributed by atoms with Crippen LogP contribution in [-0.4, -0.2) is 85.4 Å². The molecule has 0 aromatic rings. The van der Waals surface area contributed by atoms with E-state index in [-0.39, 0.29) is 12.8 Å². The van der Waals surface area contributed by atoms with Crippen LogP contribution in [0.25, 0.3) is 0 Å². The Kier molecular flexibility index (Phi) is 6.81. The molecular formula is C24H30N2O7. The van der Waals surface area contributed by atoms with Gasteiger partial charge in [-0.25, -0.2) is 0 Å². The smallest absolute Gasteiger partial charge is 0.307 e. The Morgan fingerprint density at radius 1 is 1.09 bits per heavy atom. The zero-order chi connectivity index (χ0) is 23.6. The minimum atomic E-state index is -1.94. The third-order valence-electron chi connectivity index (χ3n) is 6.50. The Balaban J connectivity index is 1.52. The minimum absolute atomic E-state index is 0.180. The van der Waals surface area contributed by atoms with Crippen molar-refractivity contribution < 1.29 is 33.4 Å². The standard InChI is InChI=1S/C24H30N2O7/c1-24(33-22(29)6-5-21(28)31-2)20(27)14-17-13-19(16-3-4-16)26(15-18(17)23(24)30)8-7-25-9-11-32-12-10-25/h13-16H,3-12H2,1-2H3. The number of Topliss-reactive ketones (excluding diaryl/α,β-unsaturated/α-hetero) is 1. The summed E-state index contributed by atoms with van der Waals surface area (Å²) < 4.78 is 15.3. The number of morpholine rings is 1. The molecule has 0 radical (unpaired) electrons. The molecule has 0 N–H and O–H groups in total. The SMILES string of the molecule is COC(=O)CCC(=O)OC1(C)C(=O)C=C2C=C(C3CC3)N(CCN3CCOCC3)C=C2C1=O. The molecule has 1 saturated carbocycles. The molecule has 1 saturated heterocycles. The lowest BCUT2D eigenvalue weighted by Crippen LogP contribution is -2.51. The number of hydrogen-bond acceptors (Lipinski definition) is 9. The van der Waals surface area contributed by atoms with E-state index in [1.165, 1.54) is 20.1 Å². The largest absolute Gasteiger partial charge is 0.469 e. The van der Waals surface area contributed by atoms with Gasteiger partial charge in [0.25, 0.3) is 0 Å². The van der Waals surface area contributed by atoms with Gasteiger partial charge in [-0.1, -0.05) is 0 Å². The first-order valence-electron chi connectivity index (χ1n) is 11.4. The highest BCUT2D eigenvalue weighted by Crippen LogP contribution is 2.43. The lowest BCUT2D eigenvalue weighted by Gasteiger charge is -2.36. The average Bonchev–Trinajstić information content (AvgIpc) is 3.66. The molecule has 0 spiro atoms. The van der Waals surface area contributed by atoms with Crippen molar-refractivity contribution in [3.05, 3.63) is 35.2 Å². The van der Waals surface area contributed by atoms with Gasteiger partial charge in [-0.2, -0.15) is 0 Å². The van der Waals surface area contributed by atoms with Crippen LogP contribution in [0.3, 0.4) is 0 Å². The van der Waals surface area contributed by atoms with E-state index >= 15 is 0 Å². The quantitative estimate of drug-likeness (QED) is 0.391. The van der Waals surface area contributed by atoms with Crippen molar-refractivity contribution in [2.45, 2.75) is 38.2 Å². The second-order valence-corrected chi connectivity index (χ2v) is 8.91. The molecule has 9 nitrogen and oxygen atoms in total. The van der Waals surface area contributed by atoms with Gasteiger partial charge in [0, 0.05) is 43.6 Å². The van der Waals surface area contributed by atoms with Crippen LogP contribution in [0.15, 0.2) is 35.2 Å². The maximum Gasteiger partial charge on any atom is 0.307 e. The Hall–Kier alpha value is -2.78. The summed E-state index contributed by atoms with van der Waals surface area (Å²) in [5.41, 5.74) is 0.114. The highest BCUT2D eigenvalue weighted by Gasteiger charge is 2.50. The first kappa shape index (κ1) is 23.4. The molecule has 0 aromatic heterocycles. The monoisotopic (exact) mass is 458 g/mol. The van der Waals surface area contributed by atoms with Crippen molar-refractivity contribution in [3.63, 3.8) is 0 Å². The van der Waals surface area contributed by atoms with Crippen LogP contribution in [0.4, 0.5) is 0 Å². The summed E-state index contributed by atoms with van der Waals surface area (Å²) in [6.45, 7) is 6.08. The van der Waals surface area contributed by atoms with Crippen molar-refractivity contribution in [1.82, 2.24) is 9.80 Å². The molecule has 1 atom stereocenters. The molecule has 0 aromatic carbocycles. The number of nitrogens with zero attached hydrogens (tertiary/aromatic N) is 2. The number of allylic oxidation sites excluding steroid dienone is 3. The molecule has 1 unspecified atom stereocenters. The maximum atomic E-state index is 13.4. The predicted octanol–water partition coefficient (Wildman–Crippen LogP) is 1.15. The van der Waals surface area contributed by atoms with Crippen LogP contribution >= 0.6 is 0 Å². The molecule has 2 fully saturated rings. The zero-order valence-corrected chi connectivity index (χ0v) is 19.1. The molecule has 4 aliphatic rings. The summed E-state index contributed by atoms with van der Waals surface area (Å²) in [6.07, 6.45) is 6.86. The second kappa shape index (κ2) is 9.61. The van der Waals surface area contributed by atoms with Gasteiger partial charge in [-0.05, 0) is 43.4 Å². The van der Waals surface area contributed by atoms with Crippen molar-refractivity contribution in [3.8, 4) is 0 Å². The molecule has 9 heteroatoms. The van der Waals surface area contributed by atoms with E-state index < -0.39 is 29.1 Å².